The van der Waals surface area contributed by atoms with Gasteiger partial charge in [-0.15, -0.1) is 0 Å². The number of carbonyl (C=O) groups excluding carboxylic acids is 2. The number of hydrogen-bond acceptors (Lipinski definition) is 4. The lowest BCUT2D eigenvalue weighted by molar-refractivity contribution is -0.151. The number of ether oxygens (including phenoxy) is 2. The van der Waals surface area contributed by atoms with Crippen LogP contribution in [-0.2, 0) is 19.1 Å². The first-order valence-electron chi connectivity index (χ1n) is 6.66. The van der Waals surface area contributed by atoms with Crippen LogP contribution in [0.25, 0.3) is 0 Å². The molecule has 1 saturated heterocycles. The van der Waals surface area contributed by atoms with Gasteiger partial charge in [-0.05, 0) is 18.4 Å². The number of ketones is 1. The fourth-order valence-corrected chi connectivity index (χ4v) is 2.73. The maximum Gasteiger partial charge on any atom is 0.342 e. The largest absolute Gasteiger partial charge is 0.433 e. The van der Waals surface area contributed by atoms with E-state index in [-0.39, 0.29) is 17.7 Å². The highest BCUT2D eigenvalue weighted by Gasteiger charge is 2.41. The molecular weight excluding hydrogens is 244 g/mol. The third kappa shape index (κ3) is 2.54. The number of carbonyl (C=O) groups is 2. The van der Waals surface area contributed by atoms with Crippen LogP contribution in [0, 0.1) is 5.92 Å². The van der Waals surface area contributed by atoms with Gasteiger partial charge in [-0.1, -0.05) is 30.3 Å². The number of hydrogen-bond donors (Lipinski definition) is 0. The maximum absolute atomic E-state index is 11.9. The number of benzene rings is 1. The lowest BCUT2D eigenvalue weighted by Gasteiger charge is -2.24. The van der Waals surface area contributed by atoms with Crippen molar-refractivity contribution in [3.05, 3.63) is 35.9 Å². The van der Waals surface area contributed by atoms with Gasteiger partial charge in [-0.3, -0.25) is 4.79 Å². The van der Waals surface area contributed by atoms with Gasteiger partial charge in [0, 0.05) is 18.8 Å². The van der Waals surface area contributed by atoms with Crippen molar-refractivity contribution in [3.8, 4) is 0 Å². The minimum absolute atomic E-state index is 0.0129. The predicted molar refractivity (Wildman–Crippen MR) is 67.1 cm³/mol. The first kappa shape index (κ1) is 12.4. The molecule has 0 aromatic heterocycles. The summed E-state index contributed by atoms with van der Waals surface area (Å²) in [7, 11) is 0. The van der Waals surface area contributed by atoms with Crippen LogP contribution in [0.5, 0.6) is 0 Å². The molecule has 1 aliphatic heterocycles. The predicted octanol–water partition coefficient (Wildman–Crippen LogP) is 2.39. The summed E-state index contributed by atoms with van der Waals surface area (Å²) in [5.41, 5.74) is 0.803. The summed E-state index contributed by atoms with van der Waals surface area (Å²) in [4.78, 5) is 23.3. The molecular formula is C15H16O4. The third-order valence-electron chi connectivity index (χ3n) is 3.72. The van der Waals surface area contributed by atoms with Crippen LogP contribution in [0.3, 0.4) is 0 Å². The summed E-state index contributed by atoms with van der Waals surface area (Å²) in [5, 5.41) is 0. The molecule has 1 aliphatic carbocycles. The van der Waals surface area contributed by atoms with E-state index in [1.165, 1.54) is 0 Å². The molecule has 0 radical (unpaired) electrons. The Morgan fingerprint density at radius 1 is 1.11 bits per heavy atom. The lowest BCUT2D eigenvalue weighted by Crippen LogP contribution is -2.27. The van der Waals surface area contributed by atoms with Crippen LogP contribution in [0.15, 0.2) is 30.3 Å². The summed E-state index contributed by atoms with van der Waals surface area (Å²) in [5.74, 6) is -0.104. The highest BCUT2D eigenvalue weighted by Crippen LogP contribution is 2.35. The Morgan fingerprint density at radius 2 is 1.89 bits per heavy atom. The monoisotopic (exact) mass is 260 g/mol. The molecule has 100 valence electrons. The first-order chi connectivity index (χ1) is 9.24. The van der Waals surface area contributed by atoms with Gasteiger partial charge in [0.1, 0.15) is 5.78 Å². The molecule has 19 heavy (non-hydrogen) atoms. The summed E-state index contributed by atoms with van der Waals surface area (Å²) < 4.78 is 11.0. The summed E-state index contributed by atoms with van der Waals surface area (Å²) in [6.45, 7) is 0. The maximum atomic E-state index is 11.9. The molecule has 2 fully saturated rings. The molecule has 2 aliphatic rings. The number of rotatable bonds is 2. The molecule has 0 spiro atoms. The zero-order chi connectivity index (χ0) is 13.2. The molecule has 4 nitrogen and oxygen atoms in total. The smallest absolute Gasteiger partial charge is 0.342 e. The van der Waals surface area contributed by atoms with E-state index in [4.69, 9.17) is 9.47 Å². The molecule has 3 rings (SSSR count). The zero-order valence-corrected chi connectivity index (χ0v) is 10.6. The summed E-state index contributed by atoms with van der Waals surface area (Å²) in [6, 6.07) is 9.31. The standard InChI is InChI=1S/C15H16O4/c16-12-8-4-7-11(9-12)15-18-13(14(17)19-15)10-5-2-1-3-6-10/h1-3,5-6,11,13,15H,4,7-9H2/t11?,13?,15-/m0/s1. The van der Waals surface area contributed by atoms with Crippen molar-refractivity contribution in [2.45, 2.75) is 38.1 Å². The van der Waals surface area contributed by atoms with Crippen molar-refractivity contribution in [1.82, 2.24) is 0 Å². The molecule has 1 heterocycles. The van der Waals surface area contributed by atoms with Gasteiger partial charge < -0.3 is 9.47 Å². The molecule has 1 aromatic rings. The molecule has 2 unspecified atom stereocenters. The Bertz CT molecular complexity index is 482. The fourth-order valence-electron chi connectivity index (χ4n) is 2.73. The molecule has 4 heteroatoms. The average Bonchev–Trinajstić information content (AvgIpc) is 2.82. The van der Waals surface area contributed by atoms with Crippen LogP contribution in [0.2, 0.25) is 0 Å². The van der Waals surface area contributed by atoms with E-state index in [1.54, 1.807) is 0 Å². The van der Waals surface area contributed by atoms with Crippen LogP contribution in [0.4, 0.5) is 0 Å². The lowest BCUT2D eigenvalue weighted by atomic mass is 9.88. The highest BCUT2D eigenvalue weighted by atomic mass is 16.8. The van der Waals surface area contributed by atoms with Crippen molar-refractivity contribution in [2.75, 3.05) is 0 Å². The second-order valence-corrected chi connectivity index (χ2v) is 5.13. The van der Waals surface area contributed by atoms with E-state index in [1.807, 2.05) is 30.3 Å². The zero-order valence-electron chi connectivity index (χ0n) is 10.6. The Balaban J connectivity index is 1.71. The van der Waals surface area contributed by atoms with Gasteiger partial charge in [-0.2, -0.15) is 0 Å². The molecule has 0 bridgehead atoms. The SMILES string of the molecule is O=C1CCCC([C@@H]2OC(=O)C(c3ccccc3)O2)C1. The van der Waals surface area contributed by atoms with Gasteiger partial charge in [0.15, 0.2) is 6.10 Å². The van der Waals surface area contributed by atoms with Gasteiger partial charge in [-0.25, -0.2) is 4.79 Å². The Hall–Kier alpha value is -1.68. The second-order valence-electron chi connectivity index (χ2n) is 5.13. The molecule has 1 aromatic carbocycles. The quantitative estimate of drug-likeness (QED) is 0.766. The van der Waals surface area contributed by atoms with Crippen molar-refractivity contribution < 1.29 is 19.1 Å². The van der Waals surface area contributed by atoms with Gasteiger partial charge in [0.2, 0.25) is 6.29 Å². The van der Waals surface area contributed by atoms with E-state index in [0.29, 0.717) is 12.8 Å². The Morgan fingerprint density at radius 3 is 2.63 bits per heavy atom. The molecule has 3 atom stereocenters. The molecule has 1 saturated carbocycles. The summed E-state index contributed by atoms with van der Waals surface area (Å²) >= 11 is 0. The van der Waals surface area contributed by atoms with Crippen LogP contribution >= 0.6 is 0 Å². The van der Waals surface area contributed by atoms with E-state index < -0.39 is 12.4 Å². The highest BCUT2D eigenvalue weighted by molar-refractivity contribution is 5.80. The minimum Gasteiger partial charge on any atom is -0.433 e. The number of cyclic esters (lactones) is 1. The van der Waals surface area contributed by atoms with Crippen LogP contribution in [-0.4, -0.2) is 18.0 Å². The Kier molecular flexibility index (Phi) is 3.34. The second kappa shape index (κ2) is 5.13. The number of esters is 1. The third-order valence-corrected chi connectivity index (χ3v) is 3.72. The van der Waals surface area contributed by atoms with E-state index in [9.17, 15) is 9.59 Å². The normalized spacial score (nSPS) is 31.3. The minimum atomic E-state index is -0.650. The molecule has 0 N–H and O–H groups in total. The topological polar surface area (TPSA) is 52.6 Å². The van der Waals surface area contributed by atoms with Crippen molar-refractivity contribution in [2.24, 2.45) is 5.92 Å². The van der Waals surface area contributed by atoms with E-state index >= 15 is 0 Å². The summed E-state index contributed by atoms with van der Waals surface area (Å²) in [6.07, 6.45) is 1.62. The van der Waals surface area contributed by atoms with Gasteiger partial charge in [0.05, 0.1) is 0 Å². The molecule has 0 amide bonds. The average molecular weight is 260 g/mol. The van der Waals surface area contributed by atoms with E-state index in [2.05, 4.69) is 0 Å². The van der Waals surface area contributed by atoms with Crippen LogP contribution < -0.4 is 0 Å². The first-order valence-corrected chi connectivity index (χ1v) is 6.66. The Labute approximate surface area is 111 Å². The number of Topliss-reactive ketones (excluding diaryl/α,β-unsaturated/α-hetero) is 1. The van der Waals surface area contributed by atoms with Crippen molar-refractivity contribution in [1.29, 1.82) is 0 Å². The van der Waals surface area contributed by atoms with Gasteiger partial charge >= 0.3 is 5.97 Å². The fraction of sp³-hybridized carbons (Fsp3) is 0.467. The van der Waals surface area contributed by atoms with Crippen molar-refractivity contribution in [3.63, 3.8) is 0 Å². The van der Waals surface area contributed by atoms with Gasteiger partial charge in [0.25, 0.3) is 0 Å². The van der Waals surface area contributed by atoms with E-state index in [0.717, 1.165) is 18.4 Å². The van der Waals surface area contributed by atoms with Crippen LogP contribution in [0.1, 0.15) is 37.4 Å². The van der Waals surface area contributed by atoms with Crippen molar-refractivity contribution >= 4 is 11.8 Å².